The van der Waals surface area contributed by atoms with Crippen molar-refractivity contribution >= 4 is 35.4 Å². The molecular formula is C28H29ClN2O4. The van der Waals surface area contributed by atoms with E-state index in [-0.39, 0.29) is 12.1 Å². The van der Waals surface area contributed by atoms with Crippen LogP contribution in [-0.4, -0.2) is 32.3 Å². The third-order valence-corrected chi connectivity index (χ3v) is 5.45. The van der Waals surface area contributed by atoms with Crippen LogP contribution < -0.4 is 15.0 Å². The predicted molar refractivity (Wildman–Crippen MR) is 141 cm³/mol. The molecule has 1 N–H and O–H groups in total. The number of nitrogens with zero attached hydrogens (tertiary/aromatic N) is 1. The molecule has 0 aliphatic carbocycles. The van der Waals surface area contributed by atoms with Gasteiger partial charge in [-0.2, -0.15) is 0 Å². The van der Waals surface area contributed by atoms with Gasteiger partial charge in [0.25, 0.3) is 0 Å². The molecule has 0 bridgehead atoms. The predicted octanol–water partition coefficient (Wildman–Crippen LogP) is 6.33. The van der Waals surface area contributed by atoms with Crippen molar-refractivity contribution in [2.45, 2.75) is 26.4 Å². The number of amides is 2. The van der Waals surface area contributed by atoms with Gasteiger partial charge in [0, 0.05) is 28.4 Å². The maximum absolute atomic E-state index is 13.1. The quantitative estimate of drug-likeness (QED) is 0.295. The second kappa shape index (κ2) is 12.1. The fourth-order valence-corrected chi connectivity index (χ4v) is 3.68. The van der Waals surface area contributed by atoms with Gasteiger partial charge in [0.2, 0.25) is 0 Å². The molecule has 0 fully saturated rings. The van der Waals surface area contributed by atoms with Crippen LogP contribution in [-0.2, 0) is 16.1 Å². The van der Waals surface area contributed by atoms with Gasteiger partial charge in [-0.1, -0.05) is 48.0 Å². The van der Waals surface area contributed by atoms with Crippen LogP contribution in [0.1, 0.15) is 25.0 Å². The molecular weight excluding hydrogens is 464 g/mol. The summed E-state index contributed by atoms with van der Waals surface area (Å²) in [6.45, 7) is 4.19. The molecule has 0 radical (unpaired) electrons. The van der Waals surface area contributed by atoms with Gasteiger partial charge in [-0.3, -0.25) is 4.90 Å². The normalized spacial score (nSPS) is 10.9. The summed E-state index contributed by atoms with van der Waals surface area (Å²) in [7, 11) is 2.95. The highest BCUT2D eigenvalue weighted by atomic mass is 35.5. The lowest BCUT2D eigenvalue weighted by atomic mass is 10.0. The number of hydrogen-bond donors (Lipinski definition) is 1. The van der Waals surface area contributed by atoms with Crippen LogP contribution in [0, 0.1) is 0 Å². The van der Waals surface area contributed by atoms with Crippen LogP contribution in [0.25, 0.3) is 17.2 Å². The molecule has 0 saturated heterocycles. The number of ether oxygens (including phenoxy) is 2. The summed E-state index contributed by atoms with van der Waals surface area (Å²) >= 11 is 6.19. The highest BCUT2D eigenvalue weighted by Gasteiger charge is 2.18. The molecule has 2 amide bonds. The third kappa shape index (κ3) is 7.11. The van der Waals surface area contributed by atoms with Gasteiger partial charge in [0.1, 0.15) is 5.75 Å². The molecule has 0 aromatic heterocycles. The van der Waals surface area contributed by atoms with Crippen molar-refractivity contribution in [3.05, 3.63) is 89.0 Å². The lowest BCUT2D eigenvalue weighted by Gasteiger charge is -2.25. The number of esters is 1. The lowest BCUT2D eigenvalue weighted by molar-refractivity contribution is -0.134. The maximum Gasteiger partial charge on any atom is 0.330 e. The van der Waals surface area contributed by atoms with Crippen LogP contribution in [0.15, 0.2) is 72.8 Å². The zero-order valence-corrected chi connectivity index (χ0v) is 21.0. The van der Waals surface area contributed by atoms with Gasteiger partial charge in [-0.05, 0) is 66.9 Å². The van der Waals surface area contributed by atoms with Crippen molar-refractivity contribution in [1.82, 2.24) is 5.32 Å². The topological polar surface area (TPSA) is 67.9 Å². The molecule has 6 nitrogen and oxygen atoms in total. The minimum Gasteiger partial charge on any atom is -0.496 e. The summed E-state index contributed by atoms with van der Waals surface area (Å²) in [4.78, 5) is 26.2. The van der Waals surface area contributed by atoms with Crippen molar-refractivity contribution in [2.24, 2.45) is 0 Å². The van der Waals surface area contributed by atoms with Gasteiger partial charge in [0.15, 0.2) is 0 Å². The van der Waals surface area contributed by atoms with Gasteiger partial charge in [-0.25, -0.2) is 9.59 Å². The molecule has 3 aromatic rings. The maximum atomic E-state index is 13.1. The second-order valence-electron chi connectivity index (χ2n) is 8.18. The molecule has 3 aromatic carbocycles. The van der Waals surface area contributed by atoms with E-state index in [2.05, 4.69) is 10.1 Å². The standard InChI is InChI=1S/C28H29ClN2O4/c1-19(2)30-28(33)31(24-7-5-6-20(16-24)10-15-27(32)35-4)18-21-8-11-22(12-9-21)25-17-23(29)13-14-26(25)34-3/h5-17,19H,18H2,1-4H3,(H,30,33)/b15-10+. The first-order valence-electron chi connectivity index (χ1n) is 11.2. The molecule has 0 atom stereocenters. The van der Waals surface area contributed by atoms with Crippen molar-refractivity contribution in [3.8, 4) is 16.9 Å². The molecule has 3 rings (SSSR count). The molecule has 0 aliphatic heterocycles. The zero-order chi connectivity index (χ0) is 25.4. The average Bonchev–Trinajstić information content (AvgIpc) is 2.85. The second-order valence-corrected chi connectivity index (χ2v) is 8.62. The highest BCUT2D eigenvalue weighted by Crippen LogP contribution is 2.33. The van der Waals surface area contributed by atoms with E-state index in [1.54, 1.807) is 24.2 Å². The Bertz CT molecular complexity index is 1210. The molecule has 0 heterocycles. The van der Waals surface area contributed by atoms with Crippen LogP contribution in [0.5, 0.6) is 5.75 Å². The van der Waals surface area contributed by atoms with Crippen LogP contribution in [0.3, 0.4) is 0 Å². The van der Waals surface area contributed by atoms with Crippen LogP contribution >= 0.6 is 11.6 Å². The summed E-state index contributed by atoms with van der Waals surface area (Å²) in [5.74, 6) is 0.290. The molecule has 0 aliphatic rings. The number of halogens is 1. The van der Waals surface area contributed by atoms with Gasteiger partial charge in [0.05, 0.1) is 20.8 Å². The van der Waals surface area contributed by atoms with E-state index in [1.165, 1.54) is 13.2 Å². The Balaban J connectivity index is 1.90. The SMILES string of the molecule is COC(=O)/C=C/c1cccc(N(Cc2ccc(-c3cc(Cl)ccc3OC)cc2)C(=O)NC(C)C)c1. The minimum absolute atomic E-state index is 0.0231. The van der Waals surface area contributed by atoms with Crippen LogP contribution in [0.2, 0.25) is 5.02 Å². The Morgan fingerprint density at radius 2 is 1.77 bits per heavy atom. The number of benzene rings is 3. The Morgan fingerprint density at radius 3 is 2.43 bits per heavy atom. The number of rotatable bonds is 8. The Morgan fingerprint density at radius 1 is 1.03 bits per heavy atom. The number of carbonyl (C=O) groups excluding carboxylic acids is 2. The first kappa shape index (κ1) is 25.8. The summed E-state index contributed by atoms with van der Waals surface area (Å²) in [5.41, 5.74) is 4.28. The summed E-state index contributed by atoms with van der Waals surface area (Å²) in [6, 6.07) is 20.6. The number of nitrogens with one attached hydrogen (secondary N) is 1. The van der Waals surface area contributed by atoms with Gasteiger partial charge < -0.3 is 14.8 Å². The molecule has 0 spiro atoms. The molecule has 182 valence electrons. The minimum atomic E-state index is -0.443. The summed E-state index contributed by atoms with van der Waals surface area (Å²) in [6.07, 6.45) is 3.00. The van der Waals surface area contributed by atoms with E-state index < -0.39 is 5.97 Å². The van der Waals surface area contributed by atoms with Crippen LogP contribution in [0.4, 0.5) is 10.5 Å². The first-order valence-corrected chi connectivity index (χ1v) is 11.6. The van der Waals surface area contributed by atoms with E-state index in [0.29, 0.717) is 17.3 Å². The summed E-state index contributed by atoms with van der Waals surface area (Å²) < 4.78 is 10.1. The number of carbonyl (C=O) groups is 2. The number of hydrogen-bond acceptors (Lipinski definition) is 4. The molecule has 35 heavy (non-hydrogen) atoms. The van der Waals surface area contributed by atoms with Gasteiger partial charge in [-0.15, -0.1) is 0 Å². The molecule has 0 saturated carbocycles. The first-order chi connectivity index (χ1) is 16.8. The Kier molecular flexibility index (Phi) is 8.92. The van der Waals surface area contributed by atoms with Gasteiger partial charge >= 0.3 is 12.0 Å². The zero-order valence-electron chi connectivity index (χ0n) is 20.2. The van der Waals surface area contributed by atoms with Crippen molar-refractivity contribution in [3.63, 3.8) is 0 Å². The van der Waals surface area contributed by atoms with E-state index >= 15 is 0 Å². The Labute approximate surface area is 211 Å². The smallest absolute Gasteiger partial charge is 0.330 e. The van der Waals surface area contributed by atoms with E-state index in [0.717, 1.165) is 28.0 Å². The highest BCUT2D eigenvalue weighted by molar-refractivity contribution is 6.31. The van der Waals surface area contributed by atoms with Crippen molar-refractivity contribution in [1.29, 1.82) is 0 Å². The van der Waals surface area contributed by atoms with E-state index in [4.69, 9.17) is 16.3 Å². The summed E-state index contributed by atoms with van der Waals surface area (Å²) in [5, 5.41) is 3.59. The monoisotopic (exact) mass is 492 g/mol. The fraction of sp³-hybridized carbons (Fsp3) is 0.214. The fourth-order valence-electron chi connectivity index (χ4n) is 3.51. The molecule has 0 unspecified atom stereocenters. The molecule has 7 heteroatoms. The largest absolute Gasteiger partial charge is 0.496 e. The number of methoxy groups -OCH3 is 2. The third-order valence-electron chi connectivity index (χ3n) is 5.22. The van der Waals surface area contributed by atoms with E-state index in [9.17, 15) is 9.59 Å². The lowest BCUT2D eigenvalue weighted by Crippen LogP contribution is -2.42. The number of urea groups is 1. The average molecular weight is 493 g/mol. The van der Waals surface area contributed by atoms with Crippen molar-refractivity contribution < 1.29 is 19.1 Å². The van der Waals surface area contributed by atoms with Crippen molar-refractivity contribution in [2.75, 3.05) is 19.1 Å². The van der Waals surface area contributed by atoms with E-state index in [1.807, 2.05) is 74.5 Å². The number of anilines is 1. The Hall–Kier alpha value is -3.77.